The van der Waals surface area contributed by atoms with Gasteiger partial charge in [-0.15, -0.1) is 0 Å². The van der Waals surface area contributed by atoms with Crippen LogP contribution in [0.25, 0.3) is 0 Å². The zero-order valence-corrected chi connectivity index (χ0v) is 15.1. The van der Waals surface area contributed by atoms with Crippen molar-refractivity contribution >= 4 is 5.91 Å². The number of amides is 1. The molecule has 2 aliphatic heterocycles. The molecule has 1 aromatic rings. The van der Waals surface area contributed by atoms with E-state index in [-0.39, 0.29) is 0 Å². The molecule has 4 heteroatoms. The van der Waals surface area contributed by atoms with Crippen LogP contribution in [0.3, 0.4) is 0 Å². The summed E-state index contributed by atoms with van der Waals surface area (Å²) in [7, 11) is 4.13. The summed E-state index contributed by atoms with van der Waals surface area (Å²) in [5, 5.41) is 3.67. The standard InChI is InChI=1S/C20H31N3O/c1-22(2)10-11-23(15-16-6-4-3-5-7-16)20(24)14-17-12-18-8-9-19(13-17)21-18/h3-7,17-19,21H,8-15H2,1-2H3. The maximum Gasteiger partial charge on any atom is 0.223 e. The molecule has 0 aliphatic carbocycles. The van der Waals surface area contributed by atoms with Crippen molar-refractivity contribution in [3.8, 4) is 0 Å². The van der Waals surface area contributed by atoms with Crippen LogP contribution in [0.2, 0.25) is 0 Å². The minimum atomic E-state index is 0.326. The van der Waals surface area contributed by atoms with Crippen molar-refractivity contribution in [1.29, 1.82) is 0 Å². The minimum Gasteiger partial charge on any atom is -0.337 e. The third-order valence-corrected chi connectivity index (χ3v) is 5.42. The molecular formula is C20H31N3O. The van der Waals surface area contributed by atoms with E-state index in [1.54, 1.807) is 0 Å². The quantitative estimate of drug-likeness (QED) is 0.835. The van der Waals surface area contributed by atoms with Crippen molar-refractivity contribution in [2.24, 2.45) is 5.92 Å². The number of likely N-dealkylation sites (N-methyl/N-ethyl adjacent to an activating group) is 1. The first kappa shape index (κ1) is 17.4. The Bertz CT molecular complexity index is 519. The molecule has 0 saturated carbocycles. The van der Waals surface area contributed by atoms with Crippen LogP contribution in [-0.2, 0) is 11.3 Å². The zero-order valence-electron chi connectivity index (χ0n) is 15.1. The fraction of sp³-hybridized carbons (Fsp3) is 0.650. The zero-order chi connectivity index (χ0) is 16.9. The number of piperidine rings is 1. The molecule has 132 valence electrons. The van der Waals surface area contributed by atoms with Gasteiger partial charge in [0.2, 0.25) is 5.91 Å². The third kappa shape index (κ3) is 4.81. The van der Waals surface area contributed by atoms with Crippen molar-refractivity contribution in [3.63, 3.8) is 0 Å². The predicted molar refractivity (Wildman–Crippen MR) is 97.7 cm³/mol. The molecule has 0 aromatic heterocycles. The fourth-order valence-corrected chi connectivity index (χ4v) is 4.13. The summed E-state index contributed by atoms with van der Waals surface area (Å²) in [5.74, 6) is 0.890. The summed E-state index contributed by atoms with van der Waals surface area (Å²) >= 11 is 0. The fourth-order valence-electron chi connectivity index (χ4n) is 4.13. The van der Waals surface area contributed by atoms with E-state index in [0.29, 0.717) is 23.9 Å². The van der Waals surface area contributed by atoms with Crippen molar-refractivity contribution in [2.75, 3.05) is 27.2 Å². The van der Waals surface area contributed by atoms with Crippen LogP contribution in [0.1, 0.15) is 37.7 Å². The molecule has 2 saturated heterocycles. The van der Waals surface area contributed by atoms with Gasteiger partial charge in [0.15, 0.2) is 0 Å². The van der Waals surface area contributed by atoms with Gasteiger partial charge in [-0.05, 0) is 51.3 Å². The summed E-state index contributed by atoms with van der Waals surface area (Å²) in [5.41, 5.74) is 1.22. The molecule has 3 rings (SSSR count). The highest BCUT2D eigenvalue weighted by Gasteiger charge is 2.34. The number of hydrogen-bond donors (Lipinski definition) is 1. The summed E-state index contributed by atoms with van der Waals surface area (Å²) in [6.45, 7) is 2.44. The van der Waals surface area contributed by atoms with Crippen LogP contribution >= 0.6 is 0 Å². The Morgan fingerprint density at radius 2 is 1.75 bits per heavy atom. The monoisotopic (exact) mass is 329 g/mol. The Labute approximate surface area is 146 Å². The van der Waals surface area contributed by atoms with Crippen molar-refractivity contribution in [2.45, 2.75) is 50.7 Å². The molecule has 1 N–H and O–H groups in total. The van der Waals surface area contributed by atoms with Crippen LogP contribution in [0.4, 0.5) is 0 Å². The first-order chi connectivity index (χ1) is 11.6. The molecule has 2 heterocycles. The van der Waals surface area contributed by atoms with Crippen LogP contribution in [0, 0.1) is 5.92 Å². The molecule has 1 aromatic carbocycles. The van der Waals surface area contributed by atoms with Gasteiger partial charge in [0, 0.05) is 38.1 Å². The highest BCUT2D eigenvalue weighted by molar-refractivity contribution is 5.76. The molecule has 2 atom stereocenters. The smallest absolute Gasteiger partial charge is 0.223 e. The second-order valence-corrected chi connectivity index (χ2v) is 7.78. The van der Waals surface area contributed by atoms with E-state index < -0.39 is 0 Å². The van der Waals surface area contributed by atoms with E-state index >= 15 is 0 Å². The second kappa shape index (κ2) is 8.13. The van der Waals surface area contributed by atoms with Gasteiger partial charge in [-0.1, -0.05) is 30.3 Å². The number of carbonyl (C=O) groups is 1. The van der Waals surface area contributed by atoms with Gasteiger partial charge in [0.05, 0.1) is 0 Å². The Hall–Kier alpha value is -1.39. The first-order valence-corrected chi connectivity index (χ1v) is 9.32. The van der Waals surface area contributed by atoms with Crippen LogP contribution < -0.4 is 5.32 Å². The second-order valence-electron chi connectivity index (χ2n) is 7.78. The lowest BCUT2D eigenvalue weighted by Crippen LogP contribution is -2.41. The maximum absolute atomic E-state index is 12.9. The lowest BCUT2D eigenvalue weighted by Gasteiger charge is -2.31. The topological polar surface area (TPSA) is 35.6 Å². The van der Waals surface area contributed by atoms with Crippen molar-refractivity contribution in [1.82, 2.24) is 15.1 Å². The molecule has 4 nitrogen and oxygen atoms in total. The number of hydrogen-bond acceptors (Lipinski definition) is 3. The highest BCUT2D eigenvalue weighted by atomic mass is 16.2. The summed E-state index contributed by atoms with van der Waals surface area (Å²) in [6, 6.07) is 11.7. The summed E-state index contributed by atoms with van der Waals surface area (Å²) in [4.78, 5) is 17.2. The molecule has 1 amide bonds. The lowest BCUT2D eigenvalue weighted by atomic mass is 9.89. The van der Waals surface area contributed by atoms with E-state index in [1.807, 2.05) is 6.07 Å². The largest absolute Gasteiger partial charge is 0.337 e. The average Bonchev–Trinajstić information content (AvgIpc) is 2.90. The number of carbonyl (C=O) groups excluding carboxylic acids is 1. The van der Waals surface area contributed by atoms with E-state index in [1.165, 1.54) is 31.2 Å². The number of nitrogens with one attached hydrogen (secondary N) is 1. The van der Waals surface area contributed by atoms with Gasteiger partial charge in [-0.3, -0.25) is 4.79 Å². The van der Waals surface area contributed by atoms with Gasteiger partial charge in [-0.2, -0.15) is 0 Å². The van der Waals surface area contributed by atoms with Gasteiger partial charge in [-0.25, -0.2) is 0 Å². The van der Waals surface area contributed by atoms with Crippen LogP contribution in [0.5, 0.6) is 0 Å². The average molecular weight is 329 g/mol. The van der Waals surface area contributed by atoms with Gasteiger partial charge in [0.1, 0.15) is 0 Å². The van der Waals surface area contributed by atoms with Crippen LogP contribution in [0.15, 0.2) is 30.3 Å². The van der Waals surface area contributed by atoms with Crippen molar-refractivity contribution < 1.29 is 4.79 Å². The molecule has 2 aliphatic rings. The van der Waals surface area contributed by atoms with Gasteiger partial charge < -0.3 is 15.1 Å². The molecule has 2 fully saturated rings. The summed E-state index contributed by atoms with van der Waals surface area (Å²) < 4.78 is 0. The molecule has 24 heavy (non-hydrogen) atoms. The Balaban J connectivity index is 1.59. The van der Waals surface area contributed by atoms with E-state index in [2.05, 4.69) is 53.5 Å². The van der Waals surface area contributed by atoms with Gasteiger partial charge in [0.25, 0.3) is 0 Å². The van der Waals surface area contributed by atoms with Crippen LogP contribution in [-0.4, -0.2) is 55.0 Å². The Morgan fingerprint density at radius 1 is 1.08 bits per heavy atom. The molecule has 2 unspecified atom stereocenters. The highest BCUT2D eigenvalue weighted by Crippen LogP contribution is 2.33. The number of benzene rings is 1. The van der Waals surface area contributed by atoms with E-state index in [9.17, 15) is 4.79 Å². The van der Waals surface area contributed by atoms with E-state index in [0.717, 1.165) is 26.1 Å². The normalized spacial score (nSPS) is 25.9. The summed E-state index contributed by atoms with van der Waals surface area (Å²) in [6.07, 6.45) is 5.66. The van der Waals surface area contributed by atoms with E-state index in [4.69, 9.17) is 0 Å². The minimum absolute atomic E-state index is 0.326. The molecule has 0 radical (unpaired) electrons. The van der Waals surface area contributed by atoms with Gasteiger partial charge >= 0.3 is 0 Å². The first-order valence-electron chi connectivity index (χ1n) is 9.32. The molecule has 0 spiro atoms. The molecular weight excluding hydrogens is 298 g/mol. The Kier molecular flexibility index (Phi) is 5.90. The number of nitrogens with zero attached hydrogens (tertiary/aromatic N) is 2. The number of rotatable bonds is 7. The SMILES string of the molecule is CN(C)CCN(Cc1ccccc1)C(=O)CC1CC2CCC(C1)N2. The molecule has 2 bridgehead atoms. The lowest BCUT2D eigenvalue weighted by molar-refractivity contribution is -0.133. The third-order valence-electron chi connectivity index (χ3n) is 5.42. The maximum atomic E-state index is 12.9. The Morgan fingerprint density at radius 3 is 2.38 bits per heavy atom. The predicted octanol–water partition coefficient (Wildman–Crippen LogP) is 2.50. The number of fused-ring (bicyclic) bond motifs is 2. The van der Waals surface area contributed by atoms with Crippen molar-refractivity contribution in [3.05, 3.63) is 35.9 Å².